The minimum atomic E-state index is -1.49. The molecule has 330 valence electrons. The summed E-state index contributed by atoms with van der Waals surface area (Å²) >= 11 is 0.955. The van der Waals surface area contributed by atoms with Crippen molar-refractivity contribution in [2.24, 2.45) is 17.3 Å². The number of phenols is 1. The number of hydrogen-bond acceptors (Lipinski definition) is 12. The van der Waals surface area contributed by atoms with E-state index in [9.17, 15) is 39.1 Å². The molecule has 6 N–H and O–H groups in total. The molecule has 2 aliphatic rings. The topological polar surface area (TPSA) is 222 Å². The molecule has 1 fully saturated rings. The van der Waals surface area contributed by atoms with Crippen LogP contribution in [0.3, 0.4) is 0 Å². The lowest BCUT2D eigenvalue weighted by Gasteiger charge is -2.40. The quantitative estimate of drug-likeness (QED) is 0.0925. The second kappa shape index (κ2) is 20.1. The lowest BCUT2D eigenvalue weighted by Crippen LogP contribution is -2.57. The number of thioether (sulfide) groups is 1. The number of ether oxygens (including phenoxy) is 3. The highest BCUT2D eigenvalue weighted by Gasteiger charge is 2.44. The van der Waals surface area contributed by atoms with Crippen molar-refractivity contribution in [2.75, 3.05) is 33.4 Å². The third-order valence-electron chi connectivity index (χ3n) is 11.1. The number of hydrogen-bond donors (Lipinski definition) is 6. The van der Waals surface area contributed by atoms with E-state index in [1.165, 1.54) is 11.9 Å². The van der Waals surface area contributed by atoms with E-state index in [1.54, 1.807) is 64.4 Å². The minimum Gasteiger partial charge on any atom is -0.507 e. The summed E-state index contributed by atoms with van der Waals surface area (Å²) < 4.78 is 18.7. The van der Waals surface area contributed by atoms with Crippen LogP contribution < -0.4 is 30.9 Å². The lowest BCUT2D eigenvalue weighted by molar-refractivity contribution is -0.155. The zero-order chi connectivity index (χ0) is 44.7. The number of fused-ring (bicyclic) bond motifs is 1. The number of carbonyl (C=O) groups excluding carboxylic acids is 6. The van der Waals surface area contributed by atoms with Crippen LogP contribution in [0.25, 0.3) is 0 Å². The molecule has 4 rings (SSSR count). The lowest BCUT2D eigenvalue weighted by atomic mass is 9.84. The zero-order valence-electron chi connectivity index (χ0n) is 36.3. The summed E-state index contributed by atoms with van der Waals surface area (Å²) in [6.07, 6.45) is -0.178. The molecule has 60 heavy (non-hydrogen) atoms. The summed E-state index contributed by atoms with van der Waals surface area (Å²) in [5.74, 6) is -2.66. The van der Waals surface area contributed by atoms with E-state index < -0.39 is 52.1 Å². The number of phenolic OH excluding ortho intramolecular Hbond substituents is 1. The Kier molecular flexibility index (Phi) is 16.0. The van der Waals surface area contributed by atoms with Gasteiger partial charge in [-0.3, -0.25) is 39.3 Å². The molecule has 0 aliphatic carbocycles. The Morgan fingerprint density at radius 3 is 2.22 bits per heavy atom. The molecule has 0 bridgehead atoms. The summed E-state index contributed by atoms with van der Waals surface area (Å²) in [5.41, 5.74) is 3.36. The van der Waals surface area contributed by atoms with Crippen molar-refractivity contribution in [1.82, 2.24) is 26.3 Å². The predicted octanol–water partition coefficient (Wildman–Crippen LogP) is 4.03. The fraction of sp³-hybridized carbons (Fsp3) is 0.581. The van der Waals surface area contributed by atoms with Gasteiger partial charge in [-0.05, 0) is 92.7 Å². The maximum absolute atomic E-state index is 14.6. The molecule has 17 heteroatoms. The number of amides is 6. The van der Waals surface area contributed by atoms with Gasteiger partial charge >= 0.3 is 0 Å². The Hall–Kier alpha value is -4.87. The first-order valence-electron chi connectivity index (χ1n) is 20.2. The number of imide groups is 1. The molecule has 2 aromatic rings. The molecule has 16 nitrogen and oxygen atoms in total. The van der Waals surface area contributed by atoms with Crippen LogP contribution in [0, 0.1) is 38.0 Å². The summed E-state index contributed by atoms with van der Waals surface area (Å²) in [6.45, 7) is 16.1. The fourth-order valence-corrected chi connectivity index (χ4v) is 8.32. The van der Waals surface area contributed by atoms with Crippen LogP contribution in [-0.4, -0.2) is 106 Å². The van der Waals surface area contributed by atoms with Crippen LogP contribution in [0.2, 0.25) is 0 Å². The number of aromatic hydroxyl groups is 1. The molecule has 0 radical (unpaired) electrons. The third kappa shape index (κ3) is 11.5. The van der Waals surface area contributed by atoms with Gasteiger partial charge in [0, 0.05) is 25.6 Å². The van der Waals surface area contributed by atoms with Crippen LogP contribution in [0.5, 0.6) is 17.2 Å². The maximum atomic E-state index is 14.6. The van der Waals surface area contributed by atoms with Crippen molar-refractivity contribution in [3.8, 4) is 17.2 Å². The number of benzene rings is 2. The predicted molar refractivity (Wildman–Crippen MR) is 225 cm³/mol. The van der Waals surface area contributed by atoms with Crippen LogP contribution in [0.15, 0.2) is 24.3 Å². The molecular formula is C43H61N5O11S. The van der Waals surface area contributed by atoms with Gasteiger partial charge in [0.2, 0.25) is 17.7 Å². The Morgan fingerprint density at radius 2 is 1.65 bits per heavy atom. The van der Waals surface area contributed by atoms with Gasteiger partial charge in [-0.15, -0.1) is 0 Å². The van der Waals surface area contributed by atoms with Gasteiger partial charge in [0.05, 0.1) is 24.3 Å². The molecule has 2 aromatic carbocycles. The second-order valence-corrected chi connectivity index (χ2v) is 18.3. The van der Waals surface area contributed by atoms with Gasteiger partial charge in [0.15, 0.2) is 5.60 Å². The number of carbonyl (C=O) groups is 6. The molecule has 5 atom stereocenters. The number of hydroxylamine groups is 1. The number of nitrogens with zero attached hydrogens (tertiary/aromatic N) is 1. The first-order valence-corrected chi connectivity index (χ1v) is 21.1. The van der Waals surface area contributed by atoms with E-state index in [-0.39, 0.29) is 61.4 Å². The maximum Gasteiger partial charge on any atom is 0.286 e. The average Bonchev–Trinajstić information content (AvgIpc) is 3.52. The largest absolute Gasteiger partial charge is 0.507 e. The van der Waals surface area contributed by atoms with E-state index in [1.807, 2.05) is 27.7 Å². The fourth-order valence-electron chi connectivity index (χ4n) is 7.46. The normalized spacial score (nSPS) is 19.0. The average molecular weight is 856 g/mol. The van der Waals surface area contributed by atoms with Gasteiger partial charge in [-0.1, -0.05) is 58.5 Å². The molecule has 0 saturated carbocycles. The van der Waals surface area contributed by atoms with Crippen LogP contribution >= 0.6 is 11.8 Å². The Labute approximate surface area is 356 Å². The Morgan fingerprint density at radius 1 is 1.00 bits per heavy atom. The molecule has 4 unspecified atom stereocenters. The second-order valence-electron chi connectivity index (χ2n) is 17.2. The minimum absolute atomic E-state index is 0.0465. The smallest absolute Gasteiger partial charge is 0.286 e. The van der Waals surface area contributed by atoms with Gasteiger partial charge in [0.1, 0.15) is 36.0 Å². The van der Waals surface area contributed by atoms with E-state index in [2.05, 4.69) is 16.0 Å². The summed E-state index contributed by atoms with van der Waals surface area (Å²) in [6, 6.07) is 6.14. The molecule has 0 spiro atoms. The standard InChI is InChI=1S/C43H61N5O11S/c1-23(2)21-30(36(50)45-35(39(53)44-10)42(6,7)8)34(38(52)47-56)58-20-18-48(17-19-57-28-13-11-27(12-14-28)22-31-37(51)46-41(55)60-31)40(54)43(9)16-15-29-26(5)32(49)24(3)25(4)33(29)59-43/h11-14,23,30-31,34-35,49,56H,15-22H2,1-10H3,(H,44,53)(H,45,50)(H,47,52)(H,46,51,55)/t30?,31?,34?,35-,43?/m1/s1. The van der Waals surface area contributed by atoms with Gasteiger partial charge < -0.3 is 34.9 Å². The Bertz CT molecular complexity index is 1930. The summed E-state index contributed by atoms with van der Waals surface area (Å²) in [4.78, 5) is 79.7. The monoisotopic (exact) mass is 855 g/mol. The highest BCUT2D eigenvalue weighted by Crippen LogP contribution is 2.43. The number of nitrogens with one attached hydrogen (secondary N) is 4. The van der Waals surface area contributed by atoms with Crippen LogP contribution in [-0.2, 0) is 41.6 Å². The molecular weight excluding hydrogens is 795 g/mol. The SMILES string of the molecule is CNC(=O)[C@@H](NC(=O)C(CC(C)C)C(OCCN(CCOc1ccc(CC2SC(=O)NC2=O)cc1)C(=O)C1(C)CCc2c(C)c(O)c(C)c(C)c2O1)C(=O)NO)C(C)(C)C. The number of likely N-dealkylation sites (N-methyl/N-ethyl adjacent to an activating group) is 1. The molecule has 2 aliphatic heterocycles. The van der Waals surface area contributed by atoms with E-state index in [0.717, 1.165) is 28.5 Å². The molecule has 6 amide bonds. The molecule has 1 saturated heterocycles. The summed E-state index contributed by atoms with van der Waals surface area (Å²) in [7, 11) is 1.47. The Balaban J connectivity index is 1.56. The van der Waals surface area contributed by atoms with Crippen molar-refractivity contribution < 1.29 is 53.3 Å². The number of rotatable bonds is 18. The van der Waals surface area contributed by atoms with Gasteiger partial charge in [0.25, 0.3) is 17.1 Å². The molecule has 2 heterocycles. The molecule has 0 aromatic heterocycles. The zero-order valence-corrected chi connectivity index (χ0v) is 37.1. The van der Waals surface area contributed by atoms with Crippen molar-refractivity contribution >= 4 is 46.5 Å². The van der Waals surface area contributed by atoms with E-state index >= 15 is 0 Å². The van der Waals surface area contributed by atoms with E-state index in [0.29, 0.717) is 41.9 Å². The van der Waals surface area contributed by atoms with Crippen LogP contribution in [0.1, 0.15) is 82.2 Å². The van der Waals surface area contributed by atoms with Crippen LogP contribution in [0.4, 0.5) is 4.79 Å². The van der Waals surface area contributed by atoms with Gasteiger partial charge in [-0.2, -0.15) is 0 Å². The van der Waals surface area contributed by atoms with Crippen molar-refractivity contribution in [1.29, 1.82) is 0 Å². The first-order chi connectivity index (χ1) is 28.1. The highest BCUT2D eigenvalue weighted by molar-refractivity contribution is 8.15. The van der Waals surface area contributed by atoms with E-state index in [4.69, 9.17) is 14.2 Å². The van der Waals surface area contributed by atoms with Crippen molar-refractivity contribution in [3.05, 3.63) is 52.1 Å². The first kappa shape index (κ1) is 47.8. The van der Waals surface area contributed by atoms with Crippen molar-refractivity contribution in [3.63, 3.8) is 0 Å². The summed E-state index contributed by atoms with van der Waals surface area (Å²) in [5, 5.41) is 27.3. The van der Waals surface area contributed by atoms with Gasteiger partial charge in [-0.25, -0.2) is 5.48 Å². The third-order valence-corrected chi connectivity index (χ3v) is 12.1. The highest BCUT2D eigenvalue weighted by atomic mass is 32.2. The van der Waals surface area contributed by atoms with Crippen molar-refractivity contribution in [2.45, 2.75) is 111 Å².